The van der Waals surface area contributed by atoms with Gasteiger partial charge in [-0.2, -0.15) is 0 Å². The topological polar surface area (TPSA) is 66.4 Å². The molecular weight excluding hydrogens is 257 g/mol. The molecule has 3 unspecified atom stereocenters. The molecule has 0 bridgehead atoms. The van der Waals surface area contributed by atoms with Crippen LogP contribution in [-0.2, 0) is 9.84 Å². The molecule has 4 nitrogen and oxygen atoms in total. The number of hydrogen-bond donors (Lipinski definition) is 2. The Hall–Kier alpha value is -0.980. The molecule has 2 N–H and O–H groups in total. The monoisotopic (exact) mass is 273 g/mol. The van der Waals surface area contributed by atoms with Crippen LogP contribution in [0.25, 0.3) is 0 Å². The van der Waals surface area contributed by atoms with E-state index in [4.69, 9.17) is 0 Å². The number of rotatable bonds is 3. The van der Waals surface area contributed by atoms with E-state index in [9.17, 15) is 17.9 Å². The zero-order valence-electron chi connectivity index (χ0n) is 10.0. The first-order chi connectivity index (χ1) is 8.37. The van der Waals surface area contributed by atoms with Gasteiger partial charge in [-0.15, -0.1) is 0 Å². The van der Waals surface area contributed by atoms with Gasteiger partial charge in [0.15, 0.2) is 9.84 Å². The molecule has 1 aliphatic rings. The van der Waals surface area contributed by atoms with Crippen molar-refractivity contribution in [1.29, 1.82) is 0 Å². The first-order valence-corrected chi connectivity index (χ1v) is 7.59. The first kappa shape index (κ1) is 13.5. The highest BCUT2D eigenvalue weighted by Gasteiger charge is 2.36. The normalized spacial score (nSPS) is 28.2. The van der Waals surface area contributed by atoms with Crippen LogP contribution >= 0.6 is 0 Å². The Kier molecular flexibility index (Phi) is 3.70. The van der Waals surface area contributed by atoms with Crippen LogP contribution in [0.4, 0.5) is 4.39 Å². The average Bonchev–Trinajstić information content (AvgIpc) is 2.51. The van der Waals surface area contributed by atoms with Crippen LogP contribution in [0, 0.1) is 5.82 Å². The summed E-state index contributed by atoms with van der Waals surface area (Å²) in [6.45, 7) is 1.81. The van der Waals surface area contributed by atoms with Crippen LogP contribution in [0.2, 0.25) is 0 Å². The molecule has 6 heteroatoms. The fourth-order valence-corrected chi connectivity index (χ4v) is 3.94. The Bertz CT molecular complexity index is 532. The lowest BCUT2D eigenvalue weighted by molar-refractivity contribution is 0.160. The minimum absolute atomic E-state index is 0.0756. The number of aliphatic hydroxyl groups excluding tert-OH is 1. The van der Waals surface area contributed by atoms with Crippen molar-refractivity contribution >= 4 is 9.84 Å². The number of halogens is 1. The molecule has 1 aromatic rings. The zero-order chi connectivity index (χ0) is 13.3. The average molecular weight is 273 g/mol. The van der Waals surface area contributed by atoms with Crippen LogP contribution in [0.3, 0.4) is 0 Å². The summed E-state index contributed by atoms with van der Waals surface area (Å²) in [6.07, 6.45) is -0.897. The predicted octanol–water partition coefficient (Wildman–Crippen LogP) is 0.634. The molecule has 1 saturated heterocycles. The summed E-state index contributed by atoms with van der Waals surface area (Å²) in [7, 11) is -3.17. The van der Waals surface area contributed by atoms with Crippen LogP contribution < -0.4 is 5.32 Å². The Labute approximate surface area is 106 Å². The number of aliphatic hydroxyl groups is 1. The zero-order valence-corrected chi connectivity index (χ0v) is 10.8. The quantitative estimate of drug-likeness (QED) is 0.848. The maximum Gasteiger partial charge on any atom is 0.154 e. The first-order valence-electron chi connectivity index (χ1n) is 5.77. The van der Waals surface area contributed by atoms with E-state index in [0.717, 1.165) is 5.56 Å². The Balaban J connectivity index is 2.06. The van der Waals surface area contributed by atoms with E-state index in [2.05, 4.69) is 5.32 Å². The van der Waals surface area contributed by atoms with Crippen molar-refractivity contribution < 1.29 is 17.9 Å². The standard InChI is InChI=1S/C12H16FNO3S/c1-8(9-3-2-4-10(13)5-9)14-11-6-18(16,17)7-12(11)15/h2-5,8,11-12,14-15H,6-7H2,1H3. The summed E-state index contributed by atoms with van der Waals surface area (Å²) in [5.74, 6) is -0.616. The van der Waals surface area contributed by atoms with Gasteiger partial charge in [-0.25, -0.2) is 12.8 Å². The number of sulfone groups is 1. The van der Waals surface area contributed by atoms with Crippen molar-refractivity contribution in [3.05, 3.63) is 35.6 Å². The van der Waals surface area contributed by atoms with E-state index in [1.165, 1.54) is 12.1 Å². The largest absolute Gasteiger partial charge is 0.390 e. The molecule has 2 rings (SSSR count). The highest BCUT2D eigenvalue weighted by molar-refractivity contribution is 7.91. The van der Waals surface area contributed by atoms with Crippen molar-refractivity contribution in [2.75, 3.05) is 11.5 Å². The molecule has 0 spiro atoms. The second-order valence-corrected chi connectivity index (χ2v) is 6.85. The van der Waals surface area contributed by atoms with Gasteiger partial charge in [0, 0.05) is 12.1 Å². The van der Waals surface area contributed by atoms with E-state index in [0.29, 0.717) is 0 Å². The molecule has 1 aliphatic heterocycles. The molecule has 0 radical (unpaired) electrons. The Morgan fingerprint density at radius 1 is 1.44 bits per heavy atom. The van der Waals surface area contributed by atoms with Crippen molar-refractivity contribution in [3.63, 3.8) is 0 Å². The SMILES string of the molecule is CC(NC1CS(=O)(=O)CC1O)c1cccc(F)c1. The highest BCUT2D eigenvalue weighted by Crippen LogP contribution is 2.19. The Morgan fingerprint density at radius 3 is 2.72 bits per heavy atom. The molecule has 1 fully saturated rings. The summed E-state index contributed by atoms with van der Waals surface area (Å²) >= 11 is 0. The lowest BCUT2D eigenvalue weighted by Gasteiger charge is -2.21. The van der Waals surface area contributed by atoms with Gasteiger partial charge in [0.1, 0.15) is 5.82 Å². The van der Waals surface area contributed by atoms with Gasteiger partial charge in [-0.3, -0.25) is 0 Å². The molecule has 0 aliphatic carbocycles. The van der Waals surface area contributed by atoms with Crippen LogP contribution in [-0.4, -0.2) is 37.2 Å². The Morgan fingerprint density at radius 2 is 2.17 bits per heavy atom. The fraction of sp³-hybridized carbons (Fsp3) is 0.500. The minimum atomic E-state index is -3.17. The molecule has 1 aromatic carbocycles. The van der Waals surface area contributed by atoms with Gasteiger partial charge in [-0.05, 0) is 24.6 Å². The van der Waals surface area contributed by atoms with Gasteiger partial charge < -0.3 is 10.4 Å². The third kappa shape index (κ3) is 3.07. The van der Waals surface area contributed by atoms with Crippen molar-refractivity contribution in [2.45, 2.75) is 25.1 Å². The molecule has 0 saturated carbocycles. The number of benzene rings is 1. The summed E-state index contributed by atoms with van der Waals surface area (Å²) in [4.78, 5) is 0. The predicted molar refractivity (Wildman–Crippen MR) is 66.4 cm³/mol. The smallest absolute Gasteiger partial charge is 0.154 e. The van der Waals surface area contributed by atoms with Crippen LogP contribution in [0.15, 0.2) is 24.3 Å². The number of nitrogens with one attached hydrogen (secondary N) is 1. The van der Waals surface area contributed by atoms with E-state index in [1.807, 2.05) is 6.92 Å². The van der Waals surface area contributed by atoms with Crippen molar-refractivity contribution in [3.8, 4) is 0 Å². The molecule has 0 aromatic heterocycles. The molecule has 100 valence electrons. The van der Waals surface area contributed by atoms with Crippen LogP contribution in [0.1, 0.15) is 18.5 Å². The van der Waals surface area contributed by atoms with Crippen molar-refractivity contribution in [1.82, 2.24) is 5.32 Å². The molecule has 18 heavy (non-hydrogen) atoms. The van der Waals surface area contributed by atoms with Crippen molar-refractivity contribution in [2.24, 2.45) is 0 Å². The summed E-state index contributed by atoms with van der Waals surface area (Å²) in [5.41, 5.74) is 0.728. The van der Waals surface area contributed by atoms with E-state index in [1.54, 1.807) is 12.1 Å². The summed E-state index contributed by atoms with van der Waals surface area (Å²) in [5, 5.41) is 12.7. The van der Waals surface area contributed by atoms with E-state index >= 15 is 0 Å². The second-order valence-electron chi connectivity index (χ2n) is 4.69. The lowest BCUT2D eigenvalue weighted by atomic mass is 10.1. The third-order valence-electron chi connectivity index (χ3n) is 3.14. The lowest BCUT2D eigenvalue weighted by Crippen LogP contribution is -2.40. The van der Waals surface area contributed by atoms with Gasteiger partial charge in [0.2, 0.25) is 0 Å². The maximum absolute atomic E-state index is 13.1. The highest BCUT2D eigenvalue weighted by atomic mass is 32.2. The molecule has 1 heterocycles. The molecule has 0 amide bonds. The molecule has 3 atom stereocenters. The molecular formula is C12H16FNO3S. The van der Waals surface area contributed by atoms with Gasteiger partial charge in [-0.1, -0.05) is 12.1 Å². The maximum atomic E-state index is 13.1. The third-order valence-corrected chi connectivity index (χ3v) is 4.85. The van der Waals surface area contributed by atoms with Gasteiger partial charge >= 0.3 is 0 Å². The van der Waals surface area contributed by atoms with E-state index < -0.39 is 22.0 Å². The summed E-state index contributed by atoms with van der Waals surface area (Å²) in [6, 6.07) is 5.40. The summed E-state index contributed by atoms with van der Waals surface area (Å²) < 4.78 is 35.8. The fourth-order valence-electron chi connectivity index (χ4n) is 2.18. The number of hydrogen-bond acceptors (Lipinski definition) is 4. The van der Waals surface area contributed by atoms with Gasteiger partial charge in [0.25, 0.3) is 0 Å². The minimum Gasteiger partial charge on any atom is -0.390 e. The van der Waals surface area contributed by atoms with E-state index in [-0.39, 0.29) is 23.4 Å². The second kappa shape index (κ2) is 4.95. The van der Waals surface area contributed by atoms with Crippen LogP contribution in [0.5, 0.6) is 0 Å². The van der Waals surface area contributed by atoms with Gasteiger partial charge in [0.05, 0.1) is 17.6 Å².